The zero-order valence-corrected chi connectivity index (χ0v) is 16.0. The molecule has 2 heterocycles. The van der Waals surface area contributed by atoms with Crippen LogP contribution >= 0.6 is 22.9 Å². The largest absolute Gasteiger partial charge is 0.296 e. The predicted molar refractivity (Wildman–Crippen MR) is 102 cm³/mol. The molecule has 132 valence electrons. The number of halogens is 1. The van der Waals surface area contributed by atoms with Crippen molar-refractivity contribution in [3.63, 3.8) is 0 Å². The Labute approximate surface area is 157 Å². The third-order valence-electron chi connectivity index (χ3n) is 3.70. The average molecular weight is 397 g/mol. The smallest absolute Gasteiger partial charge is 0.278 e. The Bertz CT molecular complexity index is 814. The number of carbonyl (C=O) groups excluding carboxylic acids is 1. The van der Waals surface area contributed by atoms with Crippen LogP contribution < -0.4 is 5.32 Å². The molecule has 1 aromatic heterocycles. The van der Waals surface area contributed by atoms with Gasteiger partial charge in [-0.05, 0) is 25.0 Å². The van der Waals surface area contributed by atoms with Crippen molar-refractivity contribution in [3.05, 3.63) is 40.4 Å². The first-order chi connectivity index (χ1) is 12.0. The van der Waals surface area contributed by atoms with E-state index in [2.05, 4.69) is 15.4 Å². The van der Waals surface area contributed by atoms with E-state index >= 15 is 0 Å². The van der Waals surface area contributed by atoms with Gasteiger partial charge < -0.3 is 0 Å². The minimum atomic E-state index is -1.07. The maximum atomic E-state index is 12.7. The fourth-order valence-electron chi connectivity index (χ4n) is 2.45. The number of amides is 1. The van der Waals surface area contributed by atoms with E-state index in [-0.39, 0.29) is 5.91 Å². The second-order valence-corrected chi connectivity index (χ2v) is 8.55. The molecule has 6 nitrogen and oxygen atoms in total. The van der Waals surface area contributed by atoms with Crippen LogP contribution in [0.2, 0.25) is 4.34 Å². The first-order valence-electron chi connectivity index (χ1n) is 7.73. The van der Waals surface area contributed by atoms with Gasteiger partial charge in [-0.25, -0.2) is 4.98 Å². The average Bonchev–Trinajstić information content (AvgIpc) is 3.24. The van der Waals surface area contributed by atoms with Crippen LogP contribution in [-0.2, 0) is 15.6 Å². The van der Waals surface area contributed by atoms with Crippen molar-refractivity contribution in [2.75, 3.05) is 24.7 Å². The summed E-state index contributed by atoms with van der Waals surface area (Å²) in [5.41, 5.74) is 0.975. The van der Waals surface area contributed by atoms with Gasteiger partial charge in [-0.1, -0.05) is 35.1 Å². The molecule has 0 aliphatic carbocycles. The highest BCUT2D eigenvalue weighted by molar-refractivity contribution is 7.84. The molecule has 1 N–H and O–H groups in total. The first kappa shape index (κ1) is 18.0. The highest BCUT2D eigenvalue weighted by Gasteiger charge is 2.19. The van der Waals surface area contributed by atoms with Gasteiger partial charge in [0.1, 0.15) is 4.34 Å². The van der Waals surface area contributed by atoms with Crippen LogP contribution in [0, 0.1) is 0 Å². The number of carbonyl (C=O) groups is 1. The number of thiazole rings is 1. The normalized spacial score (nSPS) is 16.1. The van der Waals surface area contributed by atoms with Crippen LogP contribution in [0.3, 0.4) is 0 Å². The molecule has 1 fully saturated rings. The molecule has 0 spiro atoms. The van der Waals surface area contributed by atoms with Gasteiger partial charge >= 0.3 is 0 Å². The zero-order chi connectivity index (χ0) is 17.8. The summed E-state index contributed by atoms with van der Waals surface area (Å²) in [6.45, 7) is 1.66. The van der Waals surface area contributed by atoms with Crippen LogP contribution in [0.15, 0.2) is 40.5 Å². The van der Waals surface area contributed by atoms with Crippen molar-refractivity contribution in [2.45, 2.75) is 17.7 Å². The number of hydrazone groups is 1. The second-order valence-electron chi connectivity index (χ2n) is 5.51. The van der Waals surface area contributed by atoms with E-state index in [1.54, 1.807) is 30.5 Å². The molecular formula is C16H17ClN4O2S2. The molecular weight excluding hydrogens is 380 g/mol. The summed E-state index contributed by atoms with van der Waals surface area (Å²) in [5.74, 6) is -0.344. The molecule has 0 bridgehead atoms. The molecule has 1 amide bonds. The predicted octanol–water partition coefficient (Wildman–Crippen LogP) is 2.97. The Kier molecular flexibility index (Phi) is 5.82. The summed E-state index contributed by atoms with van der Waals surface area (Å²) < 4.78 is 12.1. The lowest BCUT2D eigenvalue weighted by Crippen LogP contribution is -2.27. The number of rotatable bonds is 5. The molecule has 0 saturated carbocycles. The summed E-state index contributed by atoms with van der Waals surface area (Å²) in [7, 11) is -1.07. The van der Waals surface area contributed by atoms with E-state index in [1.165, 1.54) is 17.5 Å². The van der Waals surface area contributed by atoms with Crippen LogP contribution in [-0.4, -0.2) is 45.2 Å². The number of aromatic nitrogens is 1. The van der Waals surface area contributed by atoms with Crippen molar-refractivity contribution in [1.82, 2.24) is 9.99 Å². The van der Waals surface area contributed by atoms with Gasteiger partial charge in [0.15, 0.2) is 10.8 Å². The van der Waals surface area contributed by atoms with E-state index in [9.17, 15) is 9.00 Å². The Morgan fingerprint density at radius 3 is 2.56 bits per heavy atom. The number of nitrogens with one attached hydrogen (secondary N) is 1. The van der Waals surface area contributed by atoms with E-state index < -0.39 is 10.8 Å². The van der Waals surface area contributed by atoms with Gasteiger partial charge in [0.2, 0.25) is 0 Å². The summed E-state index contributed by atoms with van der Waals surface area (Å²) in [5, 5.41) is 9.59. The van der Waals surface area contributed by atoms with Crippen molar-refractivity contribution in [2.24, 2.45) is 5.10 Å². The molecule has 1 atom stereocenters. The van der Waals surface area contributed by atoms with Gasteiger partial charge in [0.25, 0.3) is 5.91 Å². The Morgan fingerprint density at radius 2 is 2.00 bits per heavy atom. The molecule has 9 heteroatoms. The van der Waals surface area contributed by atoms with Crippen molar-refractivity contribution < 1.29 is 9.00 Å². The molecule has 1 unspecified atom stereocenters. The summed E-state index contributed by atoms with van der Waals surface area (Å²) in [6.07, 6.45) is 5.24. The topological polar surface area (TPSA) is 74.7 Å². The van der Waals surface area contributed by atoms with Gasteiger partial charge in [0.05, 0.1) is 6.20 Å². The van der Waals surface area contributed by atoms with E-state index in [0.29, 0.717) is 25.6 Å². The lowest BCUT2D eigenvalue weighted by molar-refractivity contribution is -0.110. The first-order valence-corrected chi connectivity index (χ1v) is 10.5. The fourth-order valence-corrected chi connectivity index (χ4v) is 3.78. The Balaban J connectivity index is 1.88. The molecule has 1 aliphatic heterocycles. The van der Waals surface area contributed by atoms with Crippen LogP contribution in [0.25, 0.3) is 0 Å². The van der Waals surface area contributed by atoms with E-state index in [0.717, 1.165) is 25.9 Å². The van der Waals surface area contributed by atoms with Crippen molar-refractivity contribution >= 4 is 50.5 Å². The highest BCUT2D eigenvalue weighted by Crippen LogP contribution is 2.23. The quantitative estimate of drug-likeness (QED) is 0.788. The molecule has 2 aromatic rings. The van der Waals surface area contributed by atoms with Gasteiger partial charge in [-0.2, -0.15) is 5.10 Å². The van der Waals surface area contributed by atoms with Crippen molar-refractivity contribution in [1.29, 1.82) is 0 Å². The maximum absolute atomic E-state index is 12.7. The van der Waals surface area contributed by atoms with Crippen LogP contribution in [0.5, 0.6) is 0 Å². The molecule has 1 saturated heterocycles. The van der Waals surface area contributed by atoms with E-state index in [4.69, 9.17) is 11.6 Å². The SMILES string of the molecule is CS(=O)c1ccc(/C(=N\N2CCCC2)C(=O)Nc2ncc(Cl)s2)cc1. The molecule has 0 radical (unpaired) electrons. The number of benzene rings is 1. The van der Waals surface area contributed by atoms with Crippen LogP contribution in [0.1, 0.15) is 18.4 Å². The summed E-state index contributed by atoms with van der Waals surface area (Å²) in [4.78, 5) is 17.5. The Hall–Kier alpha value is -1.77. The minimum Gasteiger partial charge on any atom is -0.296 e. The fraction of sp³-hybridized carbons (Fsp3) is 0.312. The molecule has 3 rings (SSSR count). The lowest BCUT2D eigenvalue weighted by Gasteiger charge is -2.14. The van der Waals surface area contributed by atoms with E-state index in [1.807, 2.05) is 5.01 Å². The number of nitrogens with zero attached hydrogens (tertiary/aromatic N) is 3. The monoisotopic (exact) mass is 396 g/mol. The Morgan fingerprint density at radius 1 is 1.32 bits per heavy atom. The standard InChI is InChI=1S/C16H17ClN4O2S2/c1-25(23)12-6-4-11(5-7-12)14(20-21-8-2-3-9-21)15(22)19-16-18-10-13(17)24-16/h4-7,10H,2-3,8-9H2,1H3,(H,18,19,22)/b20-14+. The molecule has 1 aliphatic rings. The molecule has 25 heavy (non-hydrogen) atoms. The summed E-state index contributed by atoms with van der Waals surface area (Å²) >= 11 is 7.05. The number of hydrogen-bond acceptors (Lipinski definition) is 6. The lowest BCUT2D eigenvalue weighted by atomic mass is 10.1. The van der Waals surface area contributed by atoms with Crippen LogP contribution in [0.4, 0.5) is 5.13 Å². The van der Waals surface area contributed by atoms with Crippen molar-refractivity contribution in [3.8, 4) is 0 Å². The third-order valence-corrected chi connectivity index (χ3v) is 5.66. The third kappa shape index (κ3) is 4.65. The van der Waals surface area contributed by atoms with Gasteiger partial charge in [0, 0.05) is 40.6 Å². The highest BCUT2D eigenvalue weighted by atomic mass is 35.5. The maximum Gasteiger partial charge on any atom is 0.278 e. The zero-order valence-electron chi connectivity index (χ0n) is 13.6. The number of anilines is 1. The second kappa shape index (κ2) is 8.07. The number of hydrogen-bond donors (Lipinski definition) is 1. The molecule has 1 aromatic carbocycles. The summed E-state index contributed by atoms with van der Waals surface area (Å²) in [6, 6.07) is 7.02. The van der Waals surface area contributed by atoms with Gasteiger partial charge in [-0.3, -0.25) is 19.3 Å². The minimum absolute atomic E-state index is 0.307. The van der Waals surface area contributed by atoms with Gasteiger partial charge in [-0.15, -0.1) is 0 Å².